The molecule has 0 unspecified atom stereocenters. The maximum absolute atomic E-state index is 13.6. The Morgan fingerprint density at radius 1 is 1.00 bits per heavy atom. The third kappa shape index (κ3) is 4.42. The monoisotopic (exact) mass is 350 g/mol. The molecule has 6 heteroatoms. The molecule has 0 saturated heterocycles. The number of nitrogens with zero attached hydrogens (tertiary/aromatic N) is 2. The number of hydrogen-bond donors (Lipinski definition) is 2. The predicted octanol–water partition coefficient (Wildman–Crippen LogP) is 3.91. The van der Waals surface area contributed by atoms with Crippen molar-refractivity contribution in [2.24, 2.45) is 0 Å². The van der Waals surface area contributed by atoms with Gasteiger partial charge in [0.05, 0.1) is 0 Å². The van der Waals surface area contributed by atoms with E-state index in [1.807, 2.05) is 19.9 Å². The summed E-state index contributed by atoms with van der Waals surface area (Å²) in [7, 11) is 0. The van der Waals surface area contributed by atoms with Crippen LogP contribution in [0.25, 0.3) is 0 Å². The number of halogens is 1. The van der Waals surface area contributed by atoms with Gasteiger partial charge in [-0.05, 0) is 50.2 Å². The zero-order chi connectivity index (χ0) is 18.5. The van der Waals surface area contributed by atoms with Gasteiger partial charge in [0, 0.05) is 34.7 Å². The summed E-state index contributed by atoms with van der Waals surface area (Å²) in [4.78, 5) is 20.9. The minimum Gasteiger partial charge on any atom is -0.348 e. The molecule has 0 radical (unpaired) electrons. The van der Waals surface area contributed by atoms with E-state index in [1.165, 1.54) is 6.07 Å². The van der Waals surface area contributed by atoms with Gasteiger partial charge >= 0.3 is 0 Å². The van der Waals surface area contributed by atoms with Crippen LogP contribution in [-0.4, -0.2) is 15.9 Å². The fourth-order valence-electron chi connectivity index (χ4n) is 2.54. The smallest absolute Gasteiger partial charge is 0.251 e. The number of nitrogens with one attached hydrogen (secondary N) is 2. The highest BCUT2D eigenvalue weighted by Gasteiger charge is 2.08. The maximum Gasteiger partial charge on any atom is 0.251 e. The average molecular weight is 350 g/mol. The molecule has 0 aliphatic carbocycles. The molecule has 2 aromatic carbocycles. The van der Waals surface area contributed by atoms with Gasteiger partial charge in [0.2, 0.25) is 5.95 Å². The third-order valence-electron chi connectivity index (χ3n) is 3.78. The Morgan fingerprint density at radius 3 is 2.31 bits per heavy atom. The van der Waals surface area contributed by atoms with E-state index >= 15 is 0 Å². The molecule has 0 aliphatic rings. The Labute approximate surface area is 151 Å². The van der Waals surface area contributed by atoms with Gasteiger partial charge < -0.3 is 10.6 Å². The summed E-state index contributed by atoms with van der Waals surface area (Å²) in [5.41, 5.74) is 3.48. The normalized spacial score (nSPS) is 10.4. The zero-order valence-electron chi connectivity index (χ0n) is 14.6. The molecule has 0 atom stereocenters. The second-order valence-electron chi connectivity index (χ2n) is 5.95. The molecular weight excluding hydrogens is 331 g/mol. The van der Waals surface area contributed by atoms with Crippen LogP contribution in [0.1, 0.15) is 27.3 Å². The number of hydrogen-bond acceptors (Lipinski definition) is 4. The van der Waals surface area contributed by atoms with Crippen LogP contribution in [0, 0.1) is 19.7 Å². The standard InChI is InChI=1S/C20H19FN4O/c1-13-11-14(2)24-20(23-13)25-17-9-7-15(8-10-17)19(26)22-12-16-5-3-4-6-18(16)21/h3-11H,12H2,1-2H3,(H,22,26)(H,23,24,25). The summed E-state index contributed by atoms with van der Waals surface area (Å²) in [6.07, 6.45) is 0. The second kappa shape index (κ2) is 7.74. The van der Waals surface area contributed by atoms with Crippen molar-refractivity contribution in [3.05, 3.63) is 82.9 Å². The molecule has 0 bridgehead atoms. The van der Waals surface area contributed by atoms with Crippen LogP contribution in [0.5, 0.6) is 0 Å². The first-order valence-electron chi connectivity index (χ1n) is 8.22. The molecule has 0 spiro atoms. The molecule has 0 aliphatic heterocycles. The Bertz CT molecular complexity index is 905. The van der Waals surface area contributed by atoms with Gasteiger partial charge in [0.15, 0.2) is 0 Å². The topological polar surface area (TPSA) is 66.9 Å². The molecule has 3 aromatic rings. The van der Waals surface area contributed by atoms with E-state index in [2.05, 4.69) is 20.6 Å². The van der Waals surface area contributed by atoms with Crippen molar-refractivity contribution < 1.29 is 9.18 Å². The minimum absolute atomic E-state index is 0.141. The Morgan fingerprint density at radius 2 is 1.65 bits per heavy atom. The highest BCUT2D eigenvalue weighted by Crippen LogP contribution is 2.15. The number of carbonyl (C=O) groups is 1. The molecule has 1 aromatic heterocycles. The molecule has 5 nitrogen and oxygen atoms in total. The van der Waals surface area contributed by atoms with E-state index in [-0.39, 0.29) is 18.3 Å². The Balaban J connectivity index is 1.63. The van der Waals surface area contributed by atoms with Crippen molar-refractivity contribution in [2.75, 3.05) is 5.32 Å². The lowest BCUT2D eigenvalue weighted by atomic mass is 10.1. The highest BCUT2D eigenvalue weighted by molar-refractivity contribution is 5.94. The number of aromatic nitrogens is 2. The largest absolute Gasteiger partial charge is 0.348 e. The van der Waals surface area contributed by atoms with Crippen molar-refractivity contribution in [3.8, 4) is 0 Å². The molecule has 1 amide bonds. The third-order valence-corrected chi connectivity index (χ3v) is 3.78. The van der Waals surface area contributed by atoms with Crippen molar-refractivity contribution in [3.63, 3.8) is 0 Å². The van der Waals surface area contributed by atoms with Gasteiger partial charge in [-0.3, -0.25) is 4.79 Å². The summed E-state index contributed by atoms with van der Waals surface area (Å²) < 4.78 is 13.6. The number of amides is 1. The van der Waals surface area contributed by atoms with E-state index < -0.39 is 0 Å². The molecule has 3 rings (SSSR count). The van der Waals surface area contributed by atoms with Crippen LogP contribution in [0.3, 0.4) is 0 Å². The first-order valence-corrected chi connectivity index (χ1v) is 8.22. The summed E-state index contributed by atoms with van der Waals surface area (Å²) in [5.74, 6) is -0.0810. The number of anilines is 2. The molecule has 0 saturated carbocycles. The molecular formula is C20H19FN4O. The zero-order valence-corrected chi connectivity index (χ0v) is 14.6. The lowest BCUT2D eigenvalue weighted by molar-refractivity contribution is 0.0950. The Hall–Kier alpha value is -3.28. The lowest BCUT2D eigenvalue weighted by Crippen LogP contribution is -2.23. The lowest BCUT2D eigenvalue weighted by Gasteiger charge is -2.09. The highest BCUT2D eigenvalue weighted by atomic mass is 19.1. The second-order valence-corrected chi connectivity index (χ2v) is 5.95. The number of aryl methyl sites for hydroxylation is 2. The van der Waals surface area contributed by atoms with E-state index in [4.69, 9.17) is 0 Å². The molecule has 132 valence electrons. The van der Waals surface area contributed by atoms with Crippen LogP contribution in [0.15, 0.2) is 54.6 Å². The van der Waals surface area contributed by atoms with E-state index in [0.717, 1.165) is 17.1 Å². The van der Waals surface area contributed by atoms with Gasteiger partial charge in [0.1, 0.15) is 5.82 Å². The van der Waals surface area contributed by atoms with Gasteiger partial charge in [0.25, 0.3) is 5.91 Å². The molecule has 2 N–H and O–H groups in total. The first kappa shape index (κ1) is 17.5. The van der Waals surface area contributed by atoms with Crippen LogP contribution >= 0.6 is 0 Å². The minimum atomic E-state index is -0.333. The number of benzene rings is 2. The summed E-state index contributed by atoms with van der Waals surface area (Å²) in [5, 5.41) is 5.83. The van der Waals surface area contributed by atoms with E-state index in [0.29, 0.717) is 17.1 Å². The van der Waals surface area contributed by atoms with Crippen molar-refractivity contribution in [2.45, 2.75) is 20.4 Å². The van der Waals surface area contributed by atoms with Gasteiger partial charge in [-0.1, -0.05) is 18.2 Å². The molecule has 26 heavy (non-hydrogen) atoms. The summed E-state index contributed by atoms with van der Waals surface area (Å²) in [6.45, 7) is 3.95. The Kier molecular flexibility index (Phi) is 5.22. The molecule has 0 fully saturated rings. The quantitative estimate of drug-likeness (QED) is 0.732. The fourth-order valence-corrected chi connectivity index (χ4v) is 2.54. The van der Waals surface area contributed by atoms with Crippen LogP contribution in [-0.2, 0) is 6.54 Å². The number of rotatable bonds is 5. The van der Waals surface area contributed by atoms with Gasteiger partial charge in [-0.2, -0.15) is 0 Å². The van der Waals surface area contributed by atoms with Gasteiger partial charge in [-0.15, -0.1) is 0 Å². The van der Waals surface area contributed by atoms with Crippen LogP contribution < -0.4 is 10.6 Å². The van der Waals surface area contributed by atoms with E-state index in [9.17, 15) is 9.18 Å². The summed E-state index contributed by atoms with van der Waals surface area (Å²) in [6, 6.07) is 15.2. The molecule has 1 heterocycles. The van der Waals surface area contributed by atoms with Crippen molar-refractivity contribution in [1.29, 1.82) is 0 Å². The summed E-state index contributed by atoms with van der Waals surface area (Å²) >= 11 is 0. The van der Waals surface area contributed by atoms with Crippen LogP contribution in [0.2, 0.25) is 0 Å². The predicted molar refractivity (Wildman–Crippen MR) is 98.8 cm³/mol. The van der Waals surface area contributed by atoms with Gasteiger partial charge in [-0.25, -0.2) is 14.4 Å². The average Bonchev–Trinajstić information content (AvgIpc) is 2.60. The SMILES string of the molecule is Cc1cc(C)nc(Nc2ccc(C(=O)NCc3ccccc3F)cc2)n1. The van der Waals surface area contributed by atoms with Crippen molar-refractivity contribution in [1.82, 2.24) is 15.3 Å². The van der Waals surface area contributed by atoms with E-state index in [1.54, 1.807) is 42.5 Å². The van der Waals surface area contributed by atoms with Crippen molar-refractivity contribution >= 4 is 17.5 Å². The maximum atomic E-state index is 13.6. The fraction of sp³-hybridized carbons (Fsp3) is 0.150. The number of carbonyl (C=O) groups excluding carboxylic acids is 1. The first-order chi connectivity index (χ1) is 12.5. The van der Waals surface area contributed by atoms with Crippen LogP contribution in [0.4, 0.5) is 16.0 Å².